The molecule has 0 aliphatic carbocycles. The zero-order valence-corrected chi connectivity index (χ0v) is 8.37. The number of carboxylic acids is 1. The van der Waals surface area contributed by atoms with Crippen LogP contribution in [-0.4, -0.2) is 54.5 Å². The van der Waals surface area contributed by atoms with E-state index in [1.807, 2.05) is 0 Å². The van der Waals surface area contributed by atoms with Gasteiger partial charge in [-0.3, -0.25) is 0 Å². The van der Waals surface area contributed by atoms with Gasteiger partial charge in [0.1, 0.15) is 6.61 Å². The number of aliphatic carboxylic acids is 1. The van der Waals surface area contributed by atoms with E-state index in [1.165, 1.54) is 0 Å². The van der Waals surface area contributed by atoms with E-state index in [4.69, 9.17) is 5.11 Å². The fraction of sp³-hybridized carbons (Fsp3) is 0.875. The molecule has 0 radical (unpaired) electrons. The van der Waals surface area contributed by atoms with E-state index in [2.05, 4.69) is 10.1 Å². The van der Waals surface area contributed by atoms with Crippen LogP contribution in [0.3, 0.4) is 0 Å². The highest BCUT2D eigenvalue weighted by Gasteiger charge is 2.28. The van der Waals surface area contributed by atoms with Gasteiger partial charge in [-0.2, -0.15) is 0 Å². The Morgan fingerprint density at radius 1 is 1.60 bits per heavy atom. The van der Waals surface area contributed by atoms with Crippen molar-refractivity contribution in [1.82, 2.24) is 5.32 Å². The predicted molar refractivity (Wildman–Crippen MR) is 48.0 cm³/mol. The molecule has 0 heterocycles. The quantitative estimate of drug-likeness (QED) is 0.496. The molecule has 1 atom stereocenters. The van der Waals surface area contributed by atoms with Crippen LogP contribution in [0.4, 0.5) is 8.78 Å². The van der Waals surface area contributed by atoms with Gasteiger partial charge < -0.3 is 20.3 Å². The van der Waals surface area contributed by atoms with Crippen molar-refractivity contribution in [3.05, 3.63) is 0 Å². The zero-order valence-electron chi connectivity index (χ0n) is 8.37. The molecule has 0 fully saturated rings. The molecule has 0 aromatic heterocycles. The fourth-order valence-corrected chi connectivity index (χ4v) is 0.724. The topological polar surface area (TPSA) is 78.8 Å². The van der Waals surface area contributed by atoms with Crippen LogP contribution in [0.1, 0.15) is 6.92 Å². The van der Waals surface area contributed by atoms with Crippen LogP contribution >= 0.6 is 0 Å². The van der Waals surface area contributed by atoms with Gasteiger partial charge in [-0.15, -0.1) is 0 Å². The molecule has 0 saturated heterocycles. The summed E-state index contributed by atoms with van der Waals surface area (Å²) in [6.07, 6.45) is -2.51. The minimum atomic E-state index is -2.51. The lowest BCUT2D eigenvalue weighted by Gasteiger charge is -2.18. The molecule has 15 heavy (non-hydrogen) atoms. The molecule has 0 rings (SSSR count). The summed E-state index contributed by atoms with van der Waals surface area (Å²) in [5.41, 5.74) is -1.86. The smallest absolute Gasteiger partial charge is 0.336 e. The number of halogens is 2. The molecule has 0 spiro atoms. The van der Waals surface area contributed by atoms with Crippen LogP contribution in [0.25, 0.3) is 0 Å². The van der Waals surface area contributed by atoms with Crippen molar-refractivity contribution in [3.8, 4) is 0 Å². The minimum absolute atomic E-state index is 0.0417. The van der Waals surface area contributed by atoms with Crippen molar-refractivity contribution < 1.29 is 28.5 Å². The highest BCUT2D eigenvalue weighted by molar-refractivity contribution is 5.76. The minimum Gasteiger partial charge on any atom is -0.479 e. The Morgan fingerprint density at radius 2 is 2.20 bits per heavy atom. The molecule has 1 unspecified atom stereocenters. The van der Waals surface area contributed by atoms with Crippen molar-refractivity contribution >= 4 is 5.97 Å². The molecule has 0 aromatic carbocycles. The Labute approximate surface area is 86.0 Å². The number of alkyl halides is 2. The number of aliphatic hydroxyl groups is 1. The van der Waals surface area contributed by atoms with Gasteiger partial charge in [0.15, 0.2) is 5.60 Å². The average molecular weight is 227 g/mol. The third-order valence-electron chi connectivity index (χ3n) is 1.60. The van der Waals surface area contributed by atoms with E-state index in [1.54, 1.807) is 0 Å². The van der Waals surface area contributed by atoms with Crippen molar-refractivity contribution in [2.75, 3.05) is 26.3 Å². The summed E-state index contributed by atoms with van der Waals surface area (Å²) >= 11 is 0. The Morgan fingerprint density at radius 3 is 2.67 bits per heavy atom. The zero-order chi connectivity index (χ0) is 11.9. The van der Waals surface area contributed by atoms with Gasteiger partial charge in [0.2, 0.25) is 0 Å². The highest BCUT2D eigenvalue weighted by atomic mass is 19.3. The molecule has 7 heteroatoms. The Bertz CT molecular complexity index is 199. The van der Waals surface area contributed by atoms with Crippen LogP contribution in [0, 0.1) is 0 Å². The Balaban J connectivity index is 3.43. The van der Waals surface area contributed by atoms with E-state index in [9.17, 15) is 18.7 Å². The van der Waals surface area contributed by atoms with E-state index in [0.29, 0.717) is 0 Å². The lowest BCUT2D eigenvalue weighted by molar-refractivity contribution is -0.156. The summed E-state index contributed by atoms with van der Waals surface area (Å²) in [4.78, 5) is 10.4. The summed E-state index contributed by atoms with van der Waals surface area (Å²) in [5.74, 6) is -1.34. The molecule has 5 nitrogen and oxygen atoms in total. The first-order valence-electron chi connectivity index (χ1n) is 4.38. The molecule has 0 aliphatic rings. The molecule has 3 N–H and O–H groups in total. The maximum Gasteiger partial charge on any atom is 0.336 e. The van der Waals surface area contributed by atoms with E-state index >= 15 is 0 Å². The number of hydrogen-bond donors (Lipinski definition) is 3. The van der Waals surface area contributed by atoms with Gasteiger partial charge in [0, 0.05) is 13.1 Å². The van der Waals surface area contributed by atoms with Crippen molar-refractivity contribution in [3.63, 3.8) is 0 Å². The first-order chi connectivity index (χ1) is 6.86. The monoisotopic (exact) mass is 227 g/mol. The lowest BCUT2D eigenvalue weighted by atomic mass is 10.1. The van der Waals surface area contributed by atoms with E-state index in [-0.39, 0.29) is 19.7 Å². The lowest BCUT2D eigenvalue weighted by Crippen LogP contribution is -2.45. The molecular weight excluding hydrogens is 212 g/mol. The van der Waals surface area contributed by atoms with Crippen LogP contribution in [0.2, 0.25) is 0 Å². The second kappa shape index (κ2) is 6.65. The molecule has 0 aliphatic heterocycles. The molecule has 90 valence electrons. The summed E-state index contributed by atoms with van der Waals surface area (Å²) in [7, 11) is 0. The second-order valence-corrected chi connectivity index (χ2v) is 3.22. The van der Waals surface area contributed by atoms with Crippen LogP contribution in [-0.2, 0) is 9.53 Å². The summed E-state index contributed by atoms with van der Waals surface area (Å²) in [6.45, 7) is 0.579. The van der Waals surface area contributed by atoms with Crippen molar-refractivity contribution in [1.29, 1.82) is 0 Å². The maximum absolute atomic E-state index is 11.6. The molecule has 0 bridgehead atoms. The van der Waals surface area contributed by atoms with Crippen molar-refractivity contribution in [2.45, 2.75) is 19.0 Å². The van der Waals surface area contributed by atoms with Gasteiger partial charge in [-0.05, 0) is 6.92 Å². The third kappa shape index (κ3) is 7.18. The number of carboxylic acid groups (broad SMARTS) is 1. The molecule has 0 saturated carbocycles. The average Bonchev–Trinajstić information content (AvgIpc) is 2.10. The number of carbonyl (C=O) groups is 1. The first kappa shape index (κ1) is 14.2. The van der Waals surface area contributed by atoms with Gasteiger partial charge in [-0.1, -0.05) is 0 Å². The number of nitrogens with one attached hydrogen (secondary N) is 1. The van der Waals surface area contributed by atoms with Crippen LogP contribution in [0.15, 0.2) is 0 Å². The fourth-order valence-electron chi connectivity index (χ4n) is 0.724. The van der Waals surface area contributed by atoms with Gasteiger partial charge in [-0.25, -0.2) is 13.6 Å². The maximum atomic E-state index is 11.6. The SMILES string of the molecule is CC(O)(CNCCOCC(F)F)C(=O)O. The molecule has 0 amide bonds. The number of ether oxygens (including phenoxy) is 1. The predicted octanol–water partition coefficient (Wildman–Crippen LogP) is -0.307. The van der Waals surface area contributed by atoms with Gasteiger partial charge in [0.05, 0.1) is 6.61 Å². The third-order valence-corrected chi connectivity index (χ3v) is 1.60. The summed E-state index contributed by atoms with van der Waals surface area (Å²) < 4.78 is 27.7. The van der Waals surface area contributed by atoms with E-state index in [0.717, 1.165) is 6.92 Å². The normalized spacial score (nSPS) is 15.3. The molecule has 0 aromatic rings. The van der Waals surface area contributed by atoms with Crippen molar-refractivity contribution in [2.24, 2.45) is 0 Å². The van der Waals surface area contributed by atoms with Gasteiger partial charge in [0.25, 0.3) is 6.43 Å². The largest absolute Gasteiger partial charge is 0.479 e. The summed E-state index contributed by atoms with van der Waals surface area (Å²) in [5, 5.41) is 20.3. The number of rotatable bonds is 8. The first-order valence-corrected chi connectivity index (χ1v) is 4.38. The van der Waals surface area contributed by atoms with E-state index < -0.39 is 24.6 Å². The standard InChI is InChI=1S/C8H15F2NO4/c1-8(14,7(12)13)5-11-2-3-15-4-6(9)10/h6,11,14H,2-5H2,1H3,(H,12,13). The van der Waals surface area contributed by atoms with Gasteiger partial charge >= 0.3 is 5.97 Å². The Hall–Kier alpha value is -0.790. The highest BCUT2D eigenvalue weighted by Crippen LogP contribution is 2.00. The molecular formula is C8H15F2NO4. The Kier molecular flexibility index (Phi) is 6.30. The number of hydrogen-bond acceptors (Lipinski definition) is 4. The van der Waals surface area contributed by atoms with Crippen LogP contribution in [0.5, 0.6) is 0 Å². The summed E-state index contributed by atoms with van der Waals surface area (Å²) in [6, 6.07) is 0. The second-order valence-electron chi connectivity index (χ2n) is 3.22. The van der Waals surface area contributed by atoms with Crippen LogP contribution < -0.4 is 5.32 Å².